The van der Waals surface area contributed by atoms with E-state index in [2.05, 4.69) is 26.1 Å². The van der Waals surface area contributed by atoms with Crippen LogP contribution in [0.15, 0.2) is 39.6 Å². The number of nitrogens with one attached hydrogen (secondary N) is 1. The quantitative estimate of drug-likeness (QED) is 0.725. The molecule has 0 aliphatic rings. The van der Waals surface area contributed by atoms with Gasteiger partial charge in [-0.05, 0) is 28.1 Å². The topological polar surface area (TPSA) is 45.8 Å². The van der Waals surface area contributed by atoms with Crippen LogP contribution < -0.4 is 5.56 Å². The number of fused-ring (bicyclic) bond motifs is 1. The van der Waals surface area contributed by atoms with E-state index in [1.54, 1.807) is 6.07 Å². The van der Waals surface area contributed by atoms with Gasteiger partial charge in [-0.2, -0.15) is 5.10 Å². The first-order valence-electron chi connectivity index (χ1n) is 5.09. The van der Waals surface area contributed by atoms with E-state index in [0.717, 1.165) is 20.4 Å². The normalized spacial score (nSPS) is 11.0. The SMILES string of the molecule is O=c1[nH]nc(-c2cc(Br)c(Cl)s2)c2ccccc12. The minimum absolute atomic E-state index is 0.184. The molecule has 0 atom stereocenters. The van der Waals surface area contributed by atoms with E-state index < -0.39 is 0 Å². The molecular formula is C12H6BrClN2OS. The molecule has 90 valence electrons. The number of benzene rings is 1. The van der Waals surface area contributed by atoms with Gasteiger partial charge in [-0.25, -0.2) is 5.10 Å². The summed E-state index contributed by atoms with van der Waals surface area (Å²) in [6, 6.07) is 9.29. The lowest BCUT2D eigenvalue weighted by Gasteiger charge is -2.01. The van der Waals surface area contributed by atoms with Gasteiger partial charge in [0.25, 0.3) is 5.56 Å². The average Bonchev–Trinajstić information content (AvgIpc) is 2.70. The summed E-state index contributed by atoms with van der Waals surface area (Å²) in [6.07, 6.45) is 0. The van der Waals surface area contributed by atoms with Crippen LogP contribution in [0.5, 0.6) is 0 Å². The van der Waals surface area contributed by atoms with Gasteiger partial charge in [0.15, 0.2) is 0 Å². The second kappa shape index (κ2) is 4.50. The summed E-state index contributed by atoms with van der Waals surface area (Å²) in [7, 11) is 0. The Morgan fingerprint density at radius 2 is 2.00 bits per heavy atom. The van der Waals surface area contributed by atoms with Crippen LogP contribution in [-0.2, 0) is 0 Å². The van der Waals surface area contributed by atoms with Gasteiger partial charge in [-0.15, -0.1) is 11.3 Å². The van der Waals surface area contributed by atoms with Gasteiger partial charge in [0.05, 0.1) is 10.3 Å². The molecule has 0 aliphatic carbocycles. The third-order valence-electron chi connectivity index (χ3n) is 2.57. The number of rotatable bonds is 1. The lowest BCUT2D eigenvalue weighted by molar-refractivity contribution is 1.02. The van der Waals surface area contributed by atoms with E-state index in [-0.39, 0.29) is 5.56 Å². The maximum Gasteiger partial charge on any atom is 0.272 e. The first-order chi connectivity index (χ1) is 8.66. The monoisotopic (exact) mass is 340 g/mol. The molecule has 0 bridgehead atoms. The molecule has 0 radical (unpaired) electrons. The molecule has 0 saturated carbocycles. The van der Waals surface area contributed by atoms with Crippen molar-refractivity contribution in [2.75, 3.05) is 0 Å². The largest absolute Gasteiger partial charge is 0.272 e. The molecule has 2 heterocycles. The van der Waals surface area contributed by atoms with Crippen molar-refractivity contribution in [3.05, 3.63) is 49.5 Å². The molecule has 0 amide bonds. The molecule has 3 aromatic rings. The molecule has 2 aromatic heterocycles. The van der Waals surface area contributed by atoms with Crippen LogP contribution in [0.4, 0.5) is 0 Å². The van der Waals surface area contributed by atoms with Crippen molar-refractivity contribution >= 4 is 49.6 Å². The van der Waals surface area contributed by atoms with E-state index in [0.29, 0.717) is 9.72 Å². The van der Waals surface area contributed by atoms with Crippen molar-refractivity contribution in [2.45, 2.75) is 0 Å². The predicted octanol–water partition coefficient (Wildman–Crippen LogP) is 4.07. The van der Waals surface area contributed by atoms with Gasteiger partial charge in [-0.1, -0.05) is 29.8 Å². The summed E-state index contributed by atoms with van der Waals surface area (Å²) < 4.78 is 1.50. The van der Waals surface area contributed by atoms with Gasteiger partial charge in [0, 0.05) is 9.86 Å². The molecule has 0 spiro atoms. The highest BCUT2D eigenvalue weighted by molar-refractivity contribution is 9.10. The highest BCUT2D eigenvalue weighted by Gasteiger charge is 2.12. The first kappa shape index (κ1) is 11.9. The summed E-state index contributed by atoms with van der Waals surface area (Å²) in [5.74, 6) is 0. The Balaban J connectivity index is 2.36. The fraction of sp³-hybridized carbons (Fsp3) is 0. The maximum atomic E-state index is 11.7. The Bertz CT molecular complexity index is 777. The van der Waals surface area contributed by atoms with Crippen LogP contribution >= 0.6 is 38.9 Å². The lowest BCUT2D eigenvalue weighted by atomic mass is 10.1. The van der Waals surface area contributed by atoms with Crippen LogP contribution in [0.2, 0.25) is 4.34 Å². The number of hydrogen-bond donors (Lipinski definition) is 1. The summed E-state index contributed by atoms with van der Waals surface area (Å²) in [6.45, 7) is 0. The highest BCUT2D eigenvalue weighted by atomic mass is 79.9. The summed E-state index contributed by atoms with van der Waals surface area (Å²) in [4.78, 5) is 12.6. The molecule has 0 aliphatic heterocycles. The van der Waals surface area contributed by atoms with Crippen molar-refractivity contribution in [2.24, 2.45) is 0 Å². The number of halogens is 2. The number of nitrogens with zero attached hydrogens (tertiary/aromatic N) is 1. The van der Waals surface area contributed by atoms with Gasteiger partial charge >= 0.3 is 0 Å². The molecule has 1 N–H and O–H groups in total. The summed E-state index contributed by atoms with van der Waals surface area (Å²) in [5.41, 5.74) is 0.555. The predicted molar refractivity (Wildman–Crippen MR) is 78.4 cm³/mol. The van der Waals surface area contributed by atoms with Crippen molar-refractivity contribution in [3.8, 4) is 10.6 Å². The second-order valence-electron chi connectivity index (χ2n) is 3.68. The fourth-order valence-electron chi connectivity index (χ4n) is 1.77. The standard InChI is InChI=1S/C12H6BrClN2OS/c13-8-5-9(18-11(8)14)10-6-3-1-2-4-7(6)12(17)16-15-10/h1-5H,(H,16,17). The summed E-state index contributed by atoms with van der Waals surface area (Å²) >= 11 is 10.8. The molecule has 0 fully saturated rings. The molecule has 1 aromatic carbocycles. The molecular weight excluding hydrogens is 336 g/mol. The molecule has 3 rings (SSSR count). The van der Waals surface area contributed by atoms with Gasteiger partial charge < -0.3 is 0 Å². The zero-order valence-corrected chi connectivity index (χ0v) is 12.1. The van der Waals surface area contributed by atoms with Gasteiger partial charge in [0.1, 0.15) is 10.0 Å². The number of hydrogen-bond acceptors (Lipinski definition) is 3. The van der Waals surface area contributed by atoms with Gasteiger partial charge in [-0.3, -0.25) is 4.79 Å². The smallest absolute Gasteiger partial charge is 0.267 e. The van der Waals surface area contributed by atoms with Crippen LogP contribution in [0, 0.1) is 0 Å². The van der Waals surface area contributed by atoms with Gasteiger partial charge in [0.2, 0.25) is 0 Å². The molecule has 6 heteroatoms. The molecule has 18 heavy (non-hydrogen) atoms. The Morgan fingerprint density at radius 3 is 2.67 bits per heavy atom. The molecule has 0 saturated heterocycles. The third kappa shape index (κ3) is 1.88. The highest BCUT2D eigenvalue weighted by Crippen LogP contribution is 2.38. The zero-order chi connectivity index (χ0) is 12.7. The van der Waals surface area contributed by atoms with E-state index in [9.17, 15) is 4.79 Å². The fourth-order valence-corrected chi connectivity index (χ4v) is 3.47. The Kier molecular flexibility index (Phi) is 2.97. The Morgan fingerprint density at radius 1 is 1.28 bits per heavy atom. The second-order valence-corrected chi connectivity index (χ2v) is 6.19. The molecule has 3 nitrogen and oxygen atoms in total. The van der Waals surface area contributed by atoms with E-state index in [1.165, 1.54) is 11.3 Å². The number of thiophene rings is 1. The van der Waals surface area contributed by atoms with E-state index >= 15 is 0 Å². The Labute approximate surface area is 120 Å². The van der Waals surface area contributed by atoms with Crippen LogP contribution in [0.25, 0.3) is 21.3 Å². The minimum Gasteiger partial charge on any atom is -0.267 e. The van der Waals surface area contributed by atoms with Crippen LogP contribution in [0.3, 0.4) is 0 Å². The summed E-state index contributed by atoms with van der Waals surface area (Å²) in [5, 5.41) is 8.09. The number of aromatic amines is 1. The number of aromatic nitrogens is 2. The van der Waals surface area contributed by atoms with Crippen molar-refractivity contribution in [1.82, 2.24) is 10.2 Å². The minimum atomic E-state index is -0.184. The van der Waals surface area contributed by atoms with Crippen molar-refractivity contribution in [1.29, 1.82) is 0 Å². The lowest BCUT2D eigenvalue weighted by Crippen LogP contribution is -2.08. The van der Waals surface area contributed by atoms with Crippen LogP contribution in [-0.4, -0.2) is 10.2 Å². The van der Waals surface area contributed by atoms with E-state index in [4.69, 9.17) is 11.6 Å². The van der Waals surface area contributed by atoms with Crippen molar-refractivity contribution < 1.29 is 0 Å². The molecule has 0 unspecified atom stereocenters. The zero-order valence-electron chi connectivity index (χ0n) is 8.91. The maximum absolute atomic E-state index is 11.7. The number of H-pyrrole nitrogens is 1. The Hall–Kier alpha value is -1.17. The van der Waals surface area contributed by atoms with E-state index in [1.807, 2.05) is 24.3 Å². The van der Waals surface area contributed by atoms with Crippen molar-refractivity contribution in [3.63, 3.8) is 0 Å². The van der Waals surface area contributed by atoms with Crippen LogP contribution in [0.1, 0.15) is 0 Å². The third-order valence-corrected chi connectivity index (χ3v) is 5.06. The average molecular weight is 342 g/mol. The first-order valence-corrected chi connectivity index (χ1v) is 7.08.